The van der Waals surface area contributed by atoms with Crippen LogP contribution in [0.1, 0.15) is 46.2 Å². The van der Waals surface area contributed by atoms with Gasteiger partial charge in [0.25, 0.3) is 0 Å². The Bertz CT molecular complexity index is 349. The maximum atomic E-state index is 5.89. The lowest BCUT2D eigenvalue weighted by Gasteiger charge is -2.27. The molecule has 19 heavy (non-hydrogen) atoms. The third-order valence-corrected chi connectivity index (χ3v) is 3.93. The Morgan fingerprint density at radius 3 is 2.32 bits per heavy atom. The topological polar surface area (TPSA) is 55.9 Å². The van der Waals surface area contributed by atoms with E-state index >= 15 is 0 Å². The van der Waals surface area contributed by atoms with Crippen molar-refractivity contribution in [3.63, 3.8) is 0 Å². The second-order valence-corrected chi connectivity index (χ2v) is 5.98. The molecule has 0 saturated heterocycles. The summed E-state index contributed by atoms with van der Waals surface area (Å²) in [4.78, 5) is 0. The highest BCUT2D eigenvalue weighted by molar-refractivity contribution is 5.10. The smallest absolute Gasteiger partial charge is 0.0538 e. The third kappa shape index (κ3) is 4.62. The summed E-state index contributed by atoms with van der Waals surface area (Å²) in [6.45, 7) is 13.8. The van der Waals surface area contributed by atoms with Gasteiger partial charge in [0, 0.05) is 30.9 Å². The lowest BCUT2D eigenvalue weighted by Crippen LogP contribution is -2.35. The van der Waals surface area contributed by atoms with Crippen molar-refractivity contribution in [3.05, 3.63) is 18.0 Å². The van der Waals surface area contributed by atoms with E-state index in [1.165, 1.54) is 5.56 Å². The lowest BCUT2D eigenvalue weighted by molar-refractivity contribution is 0.266. The van der Waals surface area contributed by atoms with Crippen LogP contribution in [0.5, 0.6) is 0 Å². The average Bonchev–Trinajstić information content (AvgIpc) is 2.82. The van der Waals surface area contributed by atoms with Crippen molar-refractivity contribution in [2.24, 2.45) is 23.5 Å². The van der Waals surface area contributed by atoms with E-state index < -0.39 is 0 Å². The molecule has 3 N–H and O–H groups in total. The number of aromatic nitrogens is 2. The van der Waals surface area contributed by atoms with Gasteiger partial charge in [-0.3, -0.25) is 4.68 Å². The highest BCUT2D eigenvalue weighted by Gasteiger charge is 2.19. The maximum absolute atomic E-state index is 5.89. The fourth-order valence-electron chi connectivity index (χ4n) is 2.59. The van der Waals surface area contributed by atoms with Crippen molar-refractivity contribution in [1.29, 1.82) is 0 Å². The minimum absolute atomic E-state index is 0.209. The molecular formula is C15H30N4. The van der Waals surface area contributed by atoms with Gasteiger partial charge < -0.3 is 11.1 Å². The standard InChI is InChI=1S/C15H30N4/c1-6-19-10-13(8-18-19)15(7-16)17-9-14(11(2)3)12(4)5/h8,10-12,14-15,17H,6-7,9,16H2,1-5H3. The first-order valence-corrected chi connectivity index (χ1v) is 7.45. The third-order valence-electron chi connectivity index (χ3n) is 3.93. The second-order valence-electron chi connectivity index (χ2n) is 5.98. The Kier molecular flexibility index (Phi) is 6.52. The van der Waals surface area contributed by atoms with Gasteiger partial charge in [0.2, 0.25) is 0 Å². The summed E-state index contributed by atoms with van der Waals surface area (Å²) in [6, 6.07) is 0.209. The molecule has 1 atom stereocenters. The van der Waals surface area contributed by atoms with E-state index in [0.717, 1.165) is 13.1 Å². The highest BCUT2D eigenvalue weighted by Crippen LogP contribution is 2.21. The summed E-state index contributed by atoms with van der Waals surface area (Å²) < 4.78 is 1.95. The molecule has 0 aliphatic carbocycles. The van der Waals surface area contributed by atoms with E-state index in [2.05, 4.69) is 51.2 Å². The molecule has 1 unspecified atom stereocenters. The van der Waals surface area contributed by atoms with Crippen LogP contribution in [0, 0.1) is 17.8 Å². The molecule has 1 heterocycles. The van der Waals surface area contributed by atoms with Crippen molar-refractivity contribution in [1.82, 2.24) is 15.1 Å². The monoisotopic (exact) mass is 266 g/mol. The Balaban J connectivity index is 2.61. The Hall–Kier alpha value is -0.870. The molecule has 0 radical (unpaired) electrons. The number of nitrogens with two attached hydrogens (primary N) is 1. The molecule has 0 bridgehead atoms. The maximum Gasteiger partial charge on any atom is 0.0538 e. The first-order valence-electron chi connectivity index (χ1n) is 7.45. The molecule has 4 heteroatoms. The molecule has 1 aromatic heterocycles. The summed E-state index contributed by atoms with van der Waals surface area (Å²) in [5.74, 6) is 2.05. The van der Waals surface area contributed by atoms with Gasteiger partial charge in [-0.2, -0.15) is 5.10 Å². The van der Waals surface area contributed by atoms with E-state index in [-0.39, 0.29) is 6.04 Å². The second kappa shape index (κ2) is 7.65. The number of nitrogens with zero attached hydrogens (tertiary/aromatic N) is 2. The Labute approximate surface area is 117 Å². The molecule has 4 nitrogen and oxygen atoms in total. The Morgan fingerprint density at radius 2 is 1.89 bits per heavy atom. The molecule has 0 aromatic carbocycles. The van der Waals surface area contributed by atoms with E-state index in [1.54, 1.807) is 0 Å². The number of hydrogen-bond donors (Lipinski definition) is 2. The summed E-state index contributed by atoms with van der Waals surface area (Å²) in [7, 11) is 0. The van der Waals surface area contributed by atoms with Crippen LogP contribution in [0.4, 0.5) is 0 Å². The van der Waals surface area contributed by atoms with Crippen molar-refractivity contribution in [2.45, 2.75) is 47.2 Å². The normalized spacial score (nSPS) is 13.7. The van der Waals surface area contributed by atoms with E-state index in [0.29, 0.717) is 24.3 Å². The zero-order valence-electron chi connectivity index (χ0n) is 13.1. The van der Waals surface area contributed by atoms with Gasteiger partial charge in [-0.05, 0) is 31.2 Å². The molecule has 0 aliphatic heterocycles. The SMILES string of the molecule is CCn1cc(C(CN)NCC(C(C)C)C(C)C)cn1. The predicted octanol–water partition coefficient (Wildman–Crippen LogP) is 2.42. The summed E-state index contributed by atoms with van der Waals surface area (Å²) in [6.07, 6.45) is 4.01. The molecule has 1 aromatic rings. The van der Waals surface area contributed by atoms with Gasteiger partial charge in [-0.25, -0.2) is 0 Å². The molecule has 0 aliphatic rings. The summed E-state index contributed by atoms with van der Waals surface area (Å²) in [5.41, 5.74) is 7.08. The van der Waals surface area contributed by atoms with Crippen LogP contribution in [0.2, 0.25) is 0 Å². The lowest BCUT2D eigenvalue weighted by atomic mass is 9.85. The largest absolute Gasteiger partial charge is 0.329 e. The average molecular weight is 266 g/mol. The van der Waals surface area contributed by atoms with Crippen molar-refractivity contribution < 1.29 is 0 Å². The van der Waals surface area contributed by atoms with Crippen LogP contribution in [0.25, 0.3) is 0 Å². The molecule has 110 valence electrons. The number of hydrogen-bond acceptors (Lipinski definition) is 3. The van der Waals surface area contributed by atoms with Crippen molar-refractivity contribution in [2.75, 3.05) is 13.1 Å². The van der Waals surface area contributed by atoms with Crippen molar-refractivity contribution >= 4 is 0 Å². The van der Waals surface area contributed by atoms with Gasteiger partial charge in [-0.15, -0.1) is 0 Å². The fourth-order valence-corrected chi connectivity index (χ4v) is 2.59. The van der Waals surface area contributed by atoms with Crippen LogP contribution in [0.3, 0.4) is 0 Å². The Morgan fingerprint density at radius 1 is 1.26 bits per heavy atom. The molecule has 0 fully saturated rings. The number of nitrogens with one attached hydrogen (secondary N) is 1. The molecule has 1 rings (SSSR count). The fraction of sp³-hybridized carbons (Fsp3) is 0.800. The van der Waals surface area contributed by atoms with Gasteiger partial charge in [0.15, 0.2) is 0 Å². The van der Waals surface area contributed by atoms with Crippen LogP contribution in [0.15, 0.2) is 12.4 Å². The van der Waals surface area contributed by atoms with Crippen LogP contribution < -0.4 is 11.1 Å². The van der Waals surface area contributed by atoms with Crippen molar-refractivity contribution in [3.8, 4) is 0 Å². The van der Waals surface area contributed by atoms with Gasteiger partial charge in [0.05, 0.1) is 6.20 Å². The summed E-state index contributed by atoms with van der Waals surface area (Å²) in [5, 5.41) is 7.93. The molecule has 0 amide bonds. The summed E-state index contributed by atoms with van der Waals surface area (Å²) >= 11 is 0. The zero-order valence-corrected chi connectivity index (χ0v) is 13.1. The van der Waals surface area contributed by atoms with Gasteiger partial charge in [0.1, 0.15) is 0 Å². The number of rotatable bonds is 8. The molecule has 0 spiro atoms. The molecule has 0 saturated carbocycles. The van der Waals surface area contributed by atoms with Crippen LogP contribution >= 0.6 is 0 Å². The quantitative estimate of drug-likeness (QED) is 0.760. The van der Waals surface area contributed by atoms with E-state index in [4.69, 9.17) is 5.73 Å². The van der Waals surface area contributed by atoms with Gasteiger partial charge >= 0.3 is 0 Å². The van der Waals surface area contributed by atoms with Crippen LogP contribution in [-0.4, -0.2) is 22.9 Å². The minimum atomic E-state index is 0.209. The highest BCUT2D eigenvalue weighted by atomic mass is 15.3. The molecular weight excluding hydrogens is 236 g/mol. The predicted molar refractivity (Wildman–Crippen MR) is 80.9 cm³/mol. The van der Waals surface area contributed by atoms with E-state index in [1.807, 2.05) is 10.9 Å². The minimum Gasteiger partial charge on any atom is -0.329 e. The van der Waals surface area contributed by atoms with E-state index in [9.17, 15) is 0 Å². The zero-order chi connectivity index (χ0) is 14.4. The first-order chi connectivity index (χ1) is 8.99. The van der Waals surface area contributed by atoms with Crippen LogP contribution in [-0.2, 0) is 6.54 Å². The van der Waals surface area contributed by atoms with Gasteiger partial charge in [-0.1, -0.05) is 27.7 Å². The number of aryl methyl sites for hydroxylation is 1. The first kappa shape index (κ1) is 16.2.